The predicted octanol–water partition coefficient (Wildman–Crippen LogP) is 15.4. The van der Waals surface area contributed by atoms with Crippen molar-refractivity contribution >= 4 is 81.6 Å². The summed E-state index contributed by atoms with van der Waals surface area (Å²) in [4.78, 5) is 102. The Bertz CT molecular complexity index is 4870. The van der Waals surface area contributed by atoms with Crippen LogP contribution >= 0.6 is 0 Å². The van der Waals surface area contributed by atoms with E-state index >= 15 is 0 Å². The second-order valence-electron chi connectivity index (χ2n) is 24.7. The highest BCUT2D eigenvalue weighted by Crippen LogP contribution is 2.40. The van der Waals surface area contributed by atoms with Crippen LogP contribution in [0.4, 0.5) is 34.1 Å². The Morgan fingerprint density at radius 2 is 0.500 bits per heavy atom. The maximum absolute atomic E-state index is 13.2. The monoisotopic (exact) mass is 1330 g/mol. The number of carbonyl (C=O) groups is 8. The standard InChI is InChI=1S/C43H32N4O6.C31H20O8.C6H8N2/c1-43(2,25-9-13-31(14-10-25)52-33-17-19-35-37(23-33)41(50)46(39(35)48)29-7-3-5-27(44)21-29)26-11-15-32(16-12-26)53-34-18-20-36-38(24-34)42(51)47(40(36)49)30-8-4-6-28(45)22-30;1-31(2,17-3-7-19(8-4-17)36-21-11-13-23-25(15-21)29(34)38-27(23)32)18-5-9-20(10-6-18)37-22-12-14-24-26(16-22)30(35)39-28(24)33;7-5-2-1-3-6(8)4-5/h3-24H,44-45H2,1-2H3;3-16H,1-2H3;1-4H,7-8H2. The Morgan fingerprint density at radius 1 is 0.260 bits per heavy atom. The van der Waals surface area contributed by atoms with Gasteiger partial charge in [0.15, 0.2) is 0 Å². The van der Waals surface area contributed by atoms with Crippen LogP contribution < -0.4 is 51.7 Å². The van der Waals surface area contributed by atoms with Gasteiger partial charge in [0, 0.05) is 33.6 Å². The minimum Gasteiger partial charge on any atom is -0.457 e. The van der Waals surface area contributed by atoms with Crippen LogP contribution in [0, 0.1) is 0 Å². The Labute approximate surface area is 572 Å². The summed E-state index contributed by atoms with van der Waals surface area (Å²) in [6.45, 7) is 8.43. The molecule has 4 amide bonds. The molecule has 20 nitrogen and oxygen atoms in total. The number of hydrogen-bond acceptors (Lipinski definition) is 18. The molecule has 0 bridgehead atoms. The van der Waals surface area contributed by atoms with Gasteiger partial charge in [0.25, 0.3) is 23.6 Å². The highest BCUT2D eigenvalue weighted by Gasteiger charge is 2.39. The van der Waals surface area contributed by atoms with Gasteiger partial charge in [-0.3, -0.25) is 19.2 Å². The van der Waals surface area contributed by atoms with E-state index < -0.39 is 47.5 Å². The van der Waals surface area contributed by atoms with Crippen LogP contribution in [0.15, 0.2) is 243 Å². The van der Waals surface area contributed by atoms with Gasteiger partial charge in [0.1, 0.15) is 46.0 Å². The highest BCUT2D eigenvalue weighted by molar-refractivity contribution is 6.35. The molecule has 4 aliphatic rings. The highest BCUT2D eigenvalue weighted by atomic mass is 16.6. The van der Waals surface area contributed by atoms with Gasteiger partial charge in [-0.1, -0.05) is 94.4 Å². The number of fused-ring (bicyclic) bond motifs is 4. The quantitative estimate of drug-likeness (QED) is 0.0340. The molecule has 0 radical (unpaired) electrons. The number of nitrogens with zero attached hydrogens (tertiary/aromatic N) is 2. The van der Waals surface area contributed by atoms with Gasteiger partial charge >= 0.3 is 23.9 Å². The number of amides is 4. The average molecular weight is 1330 g/mol. The molecule has 0 saturated carbocycles. The number of ether oxygens (including phenoxy) is 6. The molecular weight excluding hydrogens is 1270 g/mol. The van der Waals surface area contributed by atoms with E-state index in [2.05, 4.69) is 37.2 Å². The number of cyclic esters (lactones) is 4. The van der Waals surface area contributed by atoms with Crippen molar-refractivity contribution in [2.75, 3.05) is 32.7 Å². The Balaban J connectivity index is 0.000000167. The van der Waals surface area contributed by atoms with Crippen molar-refractivity contribution in [1.29, 1.82) is 0 Å². The summed E-state index contributed by atoms with van der Waals surface area (Å²) in [5, 5.41) is 0. The molecule has 0 aliphatic carbocycles. The van der Waals surface area contributed by atoms with Crippen molar-refractivity contribution in [3.8, 4) is 46.0 Å². The van der Waals surface area contributed by atoms with Crippen molar-refractivity contribution in [3.63, 3.8) is 0 Å². The van der Waals surface area contributed by atoms with Crippen molar-refractivity contribution in [3.05, 3.63) is 309 Å². The minimum absolute atomic E-state index is 0.191. The second-order valence-corrected chi connectivity index (χ2v) is 24.7. The summed E-state index contributed by atoms with van der Waals surface area (Å²) < 4.78 is 33.2. The maximum atomic E-state index is 13.2. The molecule has 4 aliphatic heterocycles. The van der Waals surface area contributed by atoms with Crippen LogP contribution in [0.2, 0.25) is 0 Å². The molecule has 0 atom stereocenters. The summed E-state index contributed by atoms with van der Waals surface area (Å²) in [6.07, 6.45) is 0. The first-order valence-electron chi connectivity index (χ1n) is 31.3. The minimum atomic E-state index is -0.678. The van der Waals surface area contributed by atoms with Gasteiger partial charge in [-0.15, -0.1) is 0 Å². The summed E-state index contributed by atoms with van der Waals surface area (Å²) in [5.41, 5.74) is 31.1. The zero-order chi connectivity index (χ0) is 70.3. The van der Waals surface area contributed by atoms with Crippen molar-refractivity contribution < 1.29 is 66.8 Å². The number of benzene rings is 11. The summed E-state index contributed by atoms with van der Waals surface area (Å²) >= 11 is 0. The number of nitrogen functional groups attached to an aromatic ring is 4. The smallest absolute Gasteiger partial charge is 0.347 e. The van der Waals surface area contributed by atoms with Crippen molar-refractivity contribution in [1.82, 2.24) is 0 Å². The van der Waals surface area contributed by atoms with E-state index in [0.717, 1.165) is 32.1 Å². The summed E-state index contributed by atoms with van der Waals surface area (Å²) in [5.74, 6) is -0.334. The third-order valence-electron chi connectivity index (χ3n) is 17.4. The van der Waals surface area contributed by atoms with Gasteiger partial charge in [-0.05, 0) is 198 Å². The fourth-order valence-corrected chi connectivity index (χ4v) is 11.8. The van der Waals surface area contributed by atoms with Gasteiger partial charge in [0.05, 0.1) is 55.9 Å². The van der Waals surface area contributed by atoms with E-state index in [1.54, 1.807) is 115 Å². The molecule has 0 spiro atoms. The van der Waals surface area contributed by atoms with Crippen LogP contribution in [0.25, 0.3) is 0 Å². The number of anilines is 6. The van der Waals surface area contributed by atoms with Gasteiger partial charge in [-0.2, -0.15) is 0 Å². The van der Waals surface area contributed by atoms with Crippen LogP contribution in [0.1, 0.15) is 133 Å². The van der Waals surface area contributed by atoms with Gasteiger partial charge < -0.3 is 51.4 Å². The predicted molar refractivity (Wildman–Crippen MR) is 375 cm³/mol. The molecule has 11 aromatic rings. The van der Waals surface area contributed by atoms with E-state index in [4.69, 9.17) is 41.9 Å². The lowest BCUT2D eigenvalue weighted by molar-refractivity contribution is 0.0425. The third kappa shape index (κ3) is 13.0. The maximum Gasteiger partial charge on any atom is 0.347 e. The molecule has 20 heteroatoms. The Morgan fingerprint density at radius 3 is 0.780 bits per heavy atom. The van der Waals surface area contributed by atoms with Crippen LogP contribution in [0.3, 0.4) is 0 Å². The van der Waals surface area contributed by atoms with E-state index in [-0.39, 0.29) is 44.2 Å². The topological polar surface area (TPSA) is 302 Å². The molecule has 11 aromatic carbocycles. The van der Waals surface area contributed by atoms with Crippen LogP contribution in [-0.2, 0) is 20.3 Å². The first-order valence-corrected chi connectivity index (χ1v) is 31.3. The number of carbonyl (C=O) groups excluding carboxylic acids is 8. The third-order valence-corrected chi connectivity index (χ3v) is 17.4. The van der Waals surface area contributed by atoms with E-state index in [9.17, 15) is 38.4 Å². The molecule has 8 N–H and O–H groups in total. The fourth-order valence-electron chi connectivity index (χ4n) is 11.8. The lowest BCUT2D eigenvalue weighted by Crippen LogP contribution is -2.29. The number of nitrogens with two attached hydrogens (primary N) is 4. The van der Waals surface area contributed by atoms with Crippen LogP contribution in [0.5, 0.6) is 46.0 Å². The molecule has 0 aromatic heterocycles. The normalized spacial score (nSPS) is 13.4. The van der Waals surface area contributed by atoms with E-state index in [0.29, 0.717) is 91.2 Å². The SMILES string of the molecule is CC(C)(c1ccc(Oc2ccc3c(c2)C(=O)N(c2cccc(N)c2)C3=O)cc1)c1ccc(Oc2ccc3c(c2)C(=O)N(c2cccc(N)c2)C3=O)cc1.CC(C)(c1ccc(Oc2ccc3c(c2)C(=O)OC3=O)cc1)c1ccc(Oc2ccc3c(c2)C(=O)OC3=O)cc1.Nc1cccc(N)c1. The van der Waals surface area contributed by atoms with Gasteiger partial charge in [0.2, 0.25) is 0 Å². The zero-order valence-corrected chi connectivity index (χ0v) is 54.0. The number of rotatable bonds is 14. The van der Waals surface area contributed by atoms with E-state index in [1.165, 1.54) is 24.3 Å². The first kappa shape index (κ1) is 65.1. The average Bonchev–Trinajstić information content (AvgIpc) is 1.58. The molecule has 4 heterocycles. The van der Waals surface area contributed by atoms with Crippen LogP contribution in [-0.4, -0.2) is 47.5 Å². The zero-order valence-electron chi connectivity index (χ0n) is 54.0. The van der Waals surface area contributed by atoms with Gasteiger partial charge in [-0.25, -0.2) is 29.0 Å². The molecule has 0 unspecified atom stereocenters. The molecule has 100 heavy (non-hydrogen) atoms. The lowest BCUT2D eigenvalue weighted by Gasteiger charge is -2.26. The van der Waals surface area contributed by atoms with Crippen molar-refractivity contribution in [2.24, 2.45) is 0 Å². The first-order chi connectivity index (χ1) is 47.9. The number of imide groups is 2. The summed E-state index contributed by atoms with van der Waals surface area (Å²) in [6, 6.07) is 70.0. The molecule has 15 rings (SSSR count). The Hall–Kier alpha value is -13.6. The molecule has 494 valence electrons. The molecular formula is C80H60N6O14. The van der Waals surface area contributed by atoms with Crippen molar-refractivity contribution in [2.45, 2.75) is 38.5 Å². The fraction of sp³-hybridized carbons (Fsp3) is 0.0750. The lowest BCUT2D eigenvalue weighted by atomic mass is 9.78. The van der Waals surface area contributed by atoms with E-state index in [1.807, 2.05) is 103 Å². The molecule has 0 saturated heterocycles. The Kier molecular flexibility index (Phi) is 17.0. The second kappa shape index (κ2) is 26.2. The molecule has 0 fully saturated rings. The summed E-state index contributed by atoms with van der Waals surface area (Å²) in [7, 11) is 0. The number of esters is 4. The number of hydrogen-bond donors (Lipinski definition) is 4. The largest absolute Gasteiger partial charge is 0.457 e.